The molecule has 0 aliphatic carbocycles. The Bertz CT molecular complexity index is 982. The van der Waals surface area contributed by atoms with Gasteiger partial charge in [0, 0.05) is 0 Å². The molecule has 2 aromatic carbocycles. The lowest BCUT2D eigenvalue weighted by atomic mass is 9.93. The van der Waals surface area contributed by atoms with Gasteiger partial charge in [0.25, 0.3) is 0 Å². The molecule has 0 aliphatic heterocycles. The standard InChI is InChI=1S/C25H33BF3N2O/c1-15(2)20-11-9-12-21(16(3)4)24(20)30-18(7)19(8)31-25-22(17(5)6)13-10-14-23(25)32-26(27,28)29/h9-17H,1-8H3/q-1. The van der Waals surface area contributed by atoms with Crippen LogP contribution in [0, 0.1) is 0 Å². The lowest BCUT2D eigenvalue weighted by molar-refractivity contribution is 0.297. The average molecular weight is 445 g/mol. The molecule has 32 heavy (non-hydrogen) atoms. The zero-order valence-corrected chi connectivity index (χ0v) is 20.2. The summed E-state index contributed by atoms with van der Waals surface area (Å²) in [4.78, 5) is 9.48. The molecule has 0 bridgehead atoms. The number of hydrogen-bond donors (Lipinski definition) is 0. The second-order valence-electron chi connectivity index (χ2n) is 8.97. The summed E-state index contributed by atoms with van der Waals surface area (Å²) in [5.74, 6) is 0.278. The molecule has 0 heterocycles. The molecule has 2 rings (SSSR count). The third-order valence-corrected chi connectivity index (χ3v) is 5.34. The highest BCUT2D eigenvalue weighted by Gasteiger charge is 2.29. The van der Waals surface area contributed by atoms with E-state index in [0.29, 0.717) is 17.0 Å². The quantitative estimate of drug-likeness (QED) is 0.296. The Labute approximate surface area is 189 Å². The third-order valence-electron chi connectivity index (χ3n) is 5.34. The van der Waals surface area contributed by atoms with Crippen LogP contribution in [-0.4, -0.2) is 18.6 Å². The fourth-order valence-corrected chi connectivity index (χ4v) is 3.50. The van der Waals surface area contributed by atoms with Crippen molar-refractivity contribution in [3.8, 4) is 5.75 Å². The molecule has 0 spiro atoms. The van der Waals surface area contributed by atoms with Crippen LogP contribution >= 0.6 is 0 Å². The first-order valence-corrected chi connectivity index (χ1v) is 11.1. The van der Waals surface area contributed by atoms with E-state index in [9.17, 15) is 12.9 Å². The summed E-state index contributed by atoms with van der Waals surface area (Å²) >= 11 is 0. The van der Waals surface area contributed by atoms with Gasteiger partial charge in [-0.15, -0.1) is 0 Å². The number of aliphatic imine (C=N–C) groups is 2. The molecule has 0 fully saturated rings. The van der Waals surface area contributed by atoms with Crippen LogP contribution < -0.4 is 4.65 Å². The van der Waals surface area contributed by atoms with Crippen molar-refractivity contribution in [2.24, 2.45) is 9.98 Å². The van der Waals surface area contributed by atoms with Gasteiger partial charge in [0.2, 0.25) is 0 Å². The van der Waals surface area contributed by atoms with Crippen molar-refractivity contribution in [2.75, 3.05) is 0 Å². The number of halogens is 3. The Hall–Kier alpha value is -2.57. The number of nitrogens with zero attached hydrogens (tertiary/aromatic N) is 2. The van der Waals surface area contributed by atoms with Gasteiger partial charge < -0.3 is 17.6 Å². The van der Waals surface area contributed by atoms with E-state index in [1.807, 2.05) is 26.8 Å². The summed E-state index contributed by atoms with van der Waals surface area (Å²) in [5, 5.41) is 0. The van der Waals surface area contributed by atoms with Crippen molar-refractivity contribution in [1.82, 2.24) is 0 Å². The lowest BCUT2D eigenvalue weighted by Gasteiger charge is -2.22. The van der Waals surface area contributed by atoms with Gasteiger partial charge >= 0.3 is 7.18 Å². The smallest absolute Gasteiger partial charge is 0.634 e. The van der Waals surface area contributed by atoms with E-state index < -0.39 is 7.18 Å². The molecule has 2 aromatic rings. The largest absolute Gasteiger partial charge is 0.700 e. The average Bonchev–Trinajstić information content (AvgIpc) is 2.67. The Morgan fingerprint density at radius 1 is 0.688 bits per heavy atom. The molecule has 0 amide bonds. The highest BCUT2D eigenvalue weighted by molar-refractivity contribution is 6.52. The second kappa shape index (κ2) is 10.4. The van der Waals surface area contributed by atoms with Crippen molar-refractivity contribution in [3.63, 3.8) is 0 Å². The molecule has 174 valence electrons. The predicted molar refractivity (Wildman–Crippen MR) is 130 cm³/mol. The minimum atomic E-state index is -5.46. The Morgan fingerprint density at radius 3 is 1.47 bits per heavy atom. The van der Waals surface area contributed by atoms with Crippen molar-refractivity contribution in [3.05, 3.63) is 53.1 Å². The minimum Gasteiger partial charge on any atom is -0.634 e. The van der Waals surface area contributed by atoms with Gasteiger partial charge in [-0.2, -0.15) is 0 Å². The van der Waals surface area contributed by atoms with Gasteiger partial charge in [0.15, 0.2) is 0 Å². The predicted octanol–water partition coefficient (Wildman–Crippen LogP) is 8.66. The van der Waals surface area contributed by atoms with E-state index in [0.717, 1.165) is 16.8 Å². The van der Waals surface area contributed by atoms with Crippen molar-refractivity contribution >= 4 is 30.0 Å². The molecule has 0 saturated heterocycles. The van der Waals surface area contributed by atoms with Crippen molar-refractivity contribution in [1.29, 1.82) is 0 Å². The molecule has 0 atom stereocenters. The van der Waals surface area contributed by atoms with Crippen molar-refractivity contribution < 1.29 is 17.6 Å². The lowest BCUT2D eigenvalue weighted by Crippen LogP contribution is -2.25. The van der Waals surface area contributed by atoms with Gasteiger partial charge in [-0.25, -0.2) is 4.99 Å². The molecule has 0 radical (unpaired) electrons. The van der Waals surface area contributed by atoms with Crippen molar-refractivity contribution in [2.45, 2.75) is 73.1 Å². The topological polar surface area (TPSA) is 34.0 Å². The number of hydrogen-bond acceptors (Lipinski definition) is 3. The monoisotopic (exact) mass is 445 g/mol. The van der Waals surface area contributed by atoms with Crippen LogP contribution in [0.1, 0.15) is 89.8 Å². The molecule has 0 aromatic heterocycles. The second-order valence-corrected chi connectivity index (χ2v) is 8.97. The number of para-hydroxylation sites is 2. The van der Waals surface area contributed by atoms with Crippen LogP contribution in [0.2, 0.25) is 0 Å². The first-order chi connectivity index (χ1) is 14.8. The zero-order chi connectivity index (χ0) is 24.2. The fraction of sp³-hybridized carbons (Fsp3) is 0.440. The van der Waals surface area contributed by atoms with Crippen LogP contribution in [0.3, 0.4) is 0 Å². The molecular formula is C25H33BF3N2O-. The molecule has 0 saturated carbocycles. The maximum atomic E-state index is 13.0. The maximum absolute atomic E-state index is 13.0. The summed E-state index contributed by atoms with van der Waals surface area (Å²) in [6.07, 6.45) is 0. The SMILES string of the molecule is CC(=Nc1c(O[B-](F)(F)F)cccc1C(C)C)C(C)=Nc1c(C(C)C)cccc1C(C)C. The first kappa shape index (κ1) is 25.7. The van der Waals surface area contributed by atoms with Crippen LogP contribution in [0.5, 0.6) is 5.75 Å². The van der Waals surface area contributed by atoms with E-state index >= 15 is 0 Å². The number of benzene rings is 2. The zero-order valence-electron chi connectivity index (χ0n) is 20.2. The minimum absolute atomic E-state index is 0.0164. The number of rotatable bonds is 8. The fourth-order valence-electron chi connectivity index (χ4n) is 3.50. The Kier molecular flexibility index (Phi) is 8.32. The summed E-state index contributed by atoms with van der Waals surface area (Å²) in [7, 11) is -5.46. The Morgan fingerprint density at radius 2 is 1.06 bits per heavy atom. The van der Waals surface area contributed by atoms with E-state index in [2.05, 4.69) is 49.5 Å². The molecule has 0 unspecified atom stereocenters. The van der Waals surface area contributed by atoms with Gasteiger partial charge in [-0.3, -0.25) is 4.99 Å². The van der Waals surface area contributed by atoms with E-state index in [1.165, 1.54) is 6.07 Å². The summed E-state index contributed by atoms with van der Waals surface area (Å²) in [6, 6.07) is 10.8. The highest BCUT2D eigenvalue weighted by Crippen LogP contribution is 2.38. The molecule has 3 nitrogen and oxygen atoms in total. The maximum Gasteiger partial charge on any atom is 0.700 e. The first-order valence-electron chi connectivity index (χ1n) is 11.1. The van der Waals surface area contributed by atoms with Crippen LogP contribution in [0.25, 0.3) is 0 Å². The molecule has 0 aliphatic rings. The van der Waals surface area contributed by atoms with Gasteiger partial charge in [-0.05, 0) is 54.4 Å². The molecule has 0 N–H and O–H groups in total. The normalized spacial score (nSPS) is 13.4. The van der Waals surface area contributed by atoms with Crippen LogP contribution in [0.15, 0.2) is 46.4 Å². The summed E-state index contributed by atoms with van der Waals surface area (Å²) in [6.45, 7) is 15.9. The summed E-state index contributed by atoms with van der Waals surface area (Å²) < 4.78 is 43.5. The molecular weight excluding hydrogens is 412 g/mol. The van der Waals surface area contributed by atoms with E-state index in [1.54, 1.807) is 19.1 Å². The Balaban J connectivity index is 2.63. The van der Waals surface area contributed by atoms with Gasteiger partial charge in [0.05, 0.1) is 17.1 Å². The highest BCUT2D eigenvalue weighted by atomic mass is 19.4. The van der Waals surface area contributed by atoms with Crippen LogP contribution in [-0.2, 0) is 0 Å². The van der Waals surface area contributed by atoms with E-state index in [-0.39, 0.29) is 29.2 Å². The third kappa shape index (κ3) is 6.47. The van der Waals surface area contributed by atoms with E-state index in [4.69, 9.17) is 4.99 Å². The summed E-state index contributed by atoms with van der Waals surface area (Å²) in [5.41, 5.74) is 5.28. The van der Waals surface area contributed by atoms with Gasteiger partial charge in [0.1, 0.15) is 11.4 Å². The van der Waals surface area contributed by atoms with Crippen LogP contribution in [0.4, 0.5) is 24.3 Å². The molecule has 7 heteroatoms. The van der Waals surface area contributed by atoms with Gasteiger partial charge in [-0.1, -0.05) is 71.9 Å².